The Balaban J connectivity index is 1.27. The average molecular weight is 518 g/mol. The summed E-state index contributed by atoms with van der Waals surface area (Å²) >= 11 is 1.58. The molecule has 8 heteroatoms. The van der Waals surface area contributed by atoms with Gasteiger partial charge in [0.05, 0.1) is 22.5 Å². The van der Waals surface area contributed by atoms with Crippen LogP contribution in [0.15, 0.2) is 60.2 Å². The average Bonchev–Trinajstić information content (AvgIpc) is 3.63. The Hall–Kier alpha value is -3.36. The molecule has 5 rings (SSSR count). The number of amides is 2. The predicted octanol–water partition coefficient (Wildman–Crippen LogP) is 3.95. The van der Waals surface area contributed by atoms with Crippen LogP contribution in [0.25, 0.3) is 10.4 Å². The lowest BCUT2D eigenvalue weighted by molar-refractivity contribution is -0.142. The summed E-state index contributed by atoms with van der Waals surface area (Å²) < 4.78 is 0. The van der Waals surface area contributed by atoms with Crippen molar-refractivity contribution in [3.63, 3.8) is 0 Å². The minimum absolute atomic E-state index is 0.0602. The summed E-state index contributed by atoms with van der Waals surface area (Å²) in [5.41, 5.74) is 5.45. The van der Waals surface area contributed by atoms with Gasteiger partial charge in [-0.25, -0.2) is 0 Å². The first-order valence-electron chi connectivity index (χ1n) is 12.7. The third-order valence-corrected chi connectivity index (χ3v) is 8.16. The number of benzene rings is 2. The molecule has 0 radical (unpaired) electrons. The summed E-state index contributed by atoms with van der Waals surface area (Å²) in [5, 5.41) is 10.4. The molecule has 0 aliphatic carbocycles. The Kier molecular flexibility index (Phi) is 7.22. The van der Waals surface area contributed by atoms with Crippen molar-refractivity contribution >= 4 is 28.9 Å². The molecule has 0 saturated carbocycles. The van der Waals surface area contributed by atoms with E-state index >= 15 is 0 Å². The maximum Gasteiger partial charge on any atom is 0.255 e. The number of aryl methyl sites for hydroxylation is 1. The zero-order chi connectivity index (χ0) is 26.1. The number of rotatable bonds is 8. The van der Waals surface area contributed by atoms with Crippen molar-refractivity contribution in [3.05, 3.63) is 76.9 Å². The van der Waals surface area contributed by atoms with Crippen LogP contribution in [0.4, 0.5) is 0 Å². The van der Waals surface area contributed by atoms with E-state index in [4.69, 9.17) is 0 Å². The van der Waals surface area contributed by atoms with Gasteiger partial charge in [-0.1, -0.05) is 56.3 Å². The van der Waals surface area contributed by atoms with Crippen molar-refractivity contribution < 1.29 is 19.5 Å². The van der Waals surface area contributed by atoms with E-state index in [2.05, 4.69) is 4.98 Å². The molecular weight excluding hydrogens is 486 g/mol. The van der Waals surface area contributed by atoms with Crippen molar-refractivity contribution in [1.82, 2.24) is 14.8 Å². The number of aliphatic hydroxyl groups excluding tert-OH is 1. The molecule has 1 fully saturated rings. The number of carbonyl (C=O) groups is 3. The second kappa shape index (κ2) is 10.6. The third kappa shape index (κ3) is 5.08. The fourth-order valence-corrected chi connectivity index (χ4v) is 6.07. The van der Waals surface area contributed by atoms with Crippen LogP contribution in [-0.2, 0) is 22.6 Å². The normalized spacial score (nSPS) is 19.9. The number of β-amino-alcohol motifs (C(OH)–C–C–N with tert-alkyl or cyclic N) is 1. The highest BCUT2D eigenvalue weighted by Crippen LogP contribution is 2.31. The van der Waals surface area contributed by atoms with Gasteiger partial charge in [-0.2, -0.15) is 0 Å². The van der Waals surface area contributed by atoms with E-state index in [9.17, 15) is 19.5 Å². The summed E-state index contributed by atoms with van der Waals surface area (Å²) in [4.78, 5) is 48.6. The molecule has 0 bridgehead atoms. The zero-order valence-corrected chi connectivity index (χ0v) is 21.9. The van der Waals surface area contributed by atoms with Gasteiger partial charge in [0.15, 0.2) is 5.78 Å². The molecule has 1 saturated heterocycles. The topological polar surface area (TPSA) is 90.8 Å². The van der Waals surface area contributed by atoms with Gasteiger partial charge in [-0.15, -0.1) is 11.3 Å². The monoisotopic (exact) mass is 517 g/mol. The fourth-order valence-electron chi connectivity index (χ4n) is 5.44. The van der Waals surface area contributed by atoms with Gasteiger partial charge in [0.25, 0.3) is 5.91 Å². The highest BCUT2D eigenvalue weighted by Gasteiger charge is 2.45. The van der Waals surface area contributed by atoms with Crippen molar-refractivity contribution in [1.29, 1.82) is 0 Å². The summed E-state index contributed by atoms with van der Waals surface area (Å²) in [6.07, 6.45) is 2.15. The van der Waals surface area contributed by atoms with E-state index in [1.165, 1.54) is 4.90 Å². The van der Waals surface area contributed by atoms with Crippen molar-refractivity contribution in [2.24, 2.45) is 5.92 Å². The number of fused-ring (bicyclic) bond motifs is 1. The van der Waals surface area contributed by atoms with E-state index in [1.54, 1.807) is 27.8 Å². The first-order valence-corrected chi connectivity index (χ1v) is 13.6. The maximum absolute atomic E-state index is 13.8. The van der Waals surface area contributed by atoms with Gasteiger partial charge in [0.2, 0.25) is 5.91 Å². The van der Waals surface area contributed by atoms with E-state index < -0.39 is 18.2 Å². The molecule has 3 atom stereocenters. The minimum atomic E-state index is -0.754. The molecule has 2 amide bonds. The molecule has 2 aromatic carbocycles. The van der Waals surface area contributed by atoms with Crippen molar-refractivity contribution in [2.45, 2.75) is 57.8 Å². The number of aliphatic hydroxyl groups is 1. The lowest BCUT2D eigenvalue weighted by Crippen LogP contribution is -2.54. The van der Waals surface area contributed by atoms with Gasteiger partial charge in [-0.3, -0.25) is 19.4 Å². The van der Waals surface area contributed by atoms with E-state index in [1.807, 2.05) is 62.5 Å². The third-order valence-electron chi connectivity index (χ3n) is 7.33. The molecule has 3 heterocycles. The molecule has 2 aliphatic heterocycles. The molecule has 0 spiro atoms. The van der Waals surface area contributed by atoms with Crippen LogP contribution in [0.5, 0.6) is 0 Å². The predicted molar refractivity (Wildman–Crippen MR) is 142 cm³/mol. The van der Waals surface area contributed by atoms with Gasteiger partial charge in [-0.05, 0) is 35.1 Å². The smallest absolute Gasteiger partial charge is 0.255 e. The summed E-state index contributed by atoms with van der Waals surface area (Å²) in [7, 11) is 0. The highest BCUT2D eigenvalue weighted by atomic mass is 32.1. The molecule has 1 N–H and O–H groups in total. The molecule has 7 nitrogen and oxygen atoms in total. The minimum Gasteiger partial charge on any atom is -0.391 e. The first-order chi connectivity index (χ1) is 17.8. The Bertz CT molecular complexity index is 1290. The number of ketones is 1. The van der Waals surface area contributed by atoms with Crippen LogP contribution < -0.4 is 0 Å². The number of aromatic nitrogens is 1. The lowest BCUT2D eigenvalue weighted by Gasteiger charge is -2.35. The van der Waals surface area contributed by atoms with Crippen molar-refractivity contribution in [3.8, 4) is 10.4 Å². The van der Waals surface area contributed by atoms with E-state index in [-0.39, 0.29) is 42.9 Å². The summed E-state index contributed by atoms with van der Waals surface area (Å²) in [6.45, 7) is 4.31. The lowest BCUT2D eigenvalue weighted by atomic mass is 9.98. The van der Waals surface area contributed by atoms with Gasteiger partial charge in [0, 0.05) is 37.7 Å². The number of carbonyl (C=O) groups excluding carboxylic acids is 3. The molecular formula is C29H31N3O4S. The Morgan fingerprint density at radius 2 is 1.89 bits per heavy atom. The van der Waals surface area contributed by atoms with Gasteiger partial charge < -0.3 is 14.9 Å². The zero-order valence-electron chi connectivity index (χ0n) is 21.0. The van der Waals surface area contributed by atoms with E-state index in [0.717, 1.165) is 21.6 Å². The Labute approximate surface area is 220 Å². The second-order valence-electron chi connectivity index (χ2n) is 10.2. The quantitative estimate of drug-likeness (QED) is 0.489. The van der Waals surface area contributed by atoms with Crippen LogP contribution in [0.2, 0.25) is 0 Å². The molecule has 0 unspecified atom stereocenters. The number of thiazole rings is 1. The van der Waals surface area contributed by atoms with Crippen LogP contribution >= 0.6 is 11.3 Å². The number of Topliss-reactive ketones (excluding diaryl/α,β-unsaturated/α-hetero) is 1. The molecule has 3 aromatic rings. The SMILES string of the molecule is CC(C)[C@@H](C(=O)N1C[C@H](O)C[C@H]1C(=O)CCc1ccc(-c2cncs2)cc1)N1Cc2ccccc2C1=O. The van der Waals surface area contributed by atoms with Crippen LogP contribution in [-0.4, -0.2) is 62.2 Å². The van der Waals surface area contributed by atoms with E-state index in [0.29, 0.717) is 18.5 Å². The first kappa shape index (κ1) is 25.3. The van der Waals surface area contributed by atoms with Crippen LogP contribution in [0, 0.1) is 5.92 Å². The van der Waals surface area contributed by atoms with Gasteiger partial charge in [0.1, 0.15) is 6.04 Å². The summed E-state index contributed by atoms with van der Waals surface area (Å²) in [5.74, 6) is -0.627. The molecule has 2 aliphatic rings. The number of hydrogen-bond donors (Lipinski definition) is 1. The highest BCUT2D eigenvalue weighted by molar-refractivity contribution is 7.13. The van der Waals surface area contributed by atoms with Crippen LogP contribution in [0.3, 0.4) is 0 Å². The molecule has 1 aromatic heterocycles. The Morgan fingerprint density at radius 1 is 1.14 bits per heavy atom. The maximum atomic E-state index is 13.8. The van der Waals surface area contributed by atoms with Crippen molar-refractivity contribution in [2.75, 3.05) is 6.54 Å². The molecule has 192 valence electrons. The fraction of sp³-hybridized carbons (Fsp3) is 0.379. The standard InChI is InChI=1S/C29H31N3O4S/c1-18(2)27(32-15-21-5-3-4-6-23(21)28(32)35)29(36)31-16-22(33)13-24(31)25(34)12-9-19-7-10-20(11-8-19)26-14-30-17-37-26/h3-8,10-11,14,17-18,22,24,27,33H,9,12-13,15-16H2,1-2H3/t22-,24+,27+/m1/s1. The summed E-state index contributed by atoms with van der Waals surface area (Å²) in [6, 6.07) is 14.1. The second-order valence-corrected chi connectivity index (χ2v) is 11.1. The number of likely N-dealkylation sites (tertiary alicyclic amines) is 1. The largest absolute Gasteiger partial charge is 0.391 e. The Morgan fingerprint density at radius 3 is 2.57 bits per heavy atom. The number of nitrogens with zero attached hydrogens (tertiary/aromatic N) is 3. The van der Waals surface area contributed by atoms with Crippen LogP contribution in [0.1, 0.15) is 48.2 Å². The molecule has 37 heavy (non-hydrogen) atoms. The number of hydrogen-bond acceptors (Lipinski definition) is 6. The van der Waals surface area contributed by atoms with Gasteiger partial charge >= 0.3 is 0 Å².